The zero-order valence-electron chi connectivity index (χ0n) is 10.6. The van der Waals surface area contributed by atoms with Crippen molar-refractivity contribution in [2.75, 3.05) is 0 Å². The topological polar surface area (TPSA) is 41.5 Å². The Morgan fingerprint density at radius 2 is 2.32 bits per heavy atom. The van der Waals surface area contributed by atoms with E-state index in [4.69, 9.17) is 11.6 Å². The molecule has 0 unspecified atom stereocenters. The average Bonchev–Trinajstić information content (AvgIpc) is 2.95. The second kappa shape index (κ2) is 6.32. The number of rotatable bonds is 4. The minimum absolute atomic E-state index is 0.167. The summed E-state index contributed by atoms with van der Waals surface area (Å²) in [6.07, 6.45) is 2.45. The van der Waals surface area contributed by atoms with E-state index in [0.29, 0.717) is 9.90 Å². The summed E-state index contributed by atoms with van der Waals surface area (Å²) in [5.74, 6) is -0.167. The van der Waals surface area contributed by atoms with E-state index in [1.807, 2.05) is 25.3 Å². The van der Waals surface area contributed by atoms with E-state index < -0.39 is 0 Å². The lowest BCUT2D eigenvalue weighted by atomic mass is 10.1. The van der Waals surface area contributed by atoms with Crippen LogP contribution in [0.1, 0.15) is 32.6 Å². The van der Waals surface area contributed by atoms with Gasteiger partial charge in [-0.25, -0.2) is 5.43 Å². The van der Waals surface area contributed by atoms with E-state index >= 15 is 0 Å². The lowest BCUT2D eigenvalue weighted by Gasteiger charge is -2.01. The molecule has 0 atom stereocenters. The summed E-state index contributed by atoms with van der Waals surface area (Å²) < 4.78 is 0.703. The molecule has 0 aliphatic heterocycles. The molecule has 1 amide bonds. The van der Waals surface area contributed by atoms with Crippen LogP contribution in [0.4, 0.5) is 0 Å². The SMILES string of the molecule is CCc1c(C(=O)N/N=C/c2ccc(Cl)s2)csc1C. The molecule has 2 aromatic rings. The standard InChI is InChI=1S/C13H13ClN2OS2/c1-3-10-8(2)18-7-11(10)13(17)16-15-6-9-4-5-12(14)19-9/h4-7H,3H2,1-2H3,(H,16,17)/b15-6+. The molecule has 19 heavy (non-hydrogen) atoms. The molecule has 1 N–H and O–H groups in total. The molecule has 0 spiro atoms. The monoisotopic (exact) mass is 312 g/mol. The van der Waals surface area contributed by atoms with Crippen LogP contribution in [0.5, 0.6) is 0 Å². The highest BCUT2D eigenvalue weighted by Crippen LogP contribution is 2.22. The Bertz CT molecular complexity index is 616. The molecule has 0 aromatic carbocycles. The van der Waals surface area contributed by atoms with Gasteiger partial charge in [0.25, 0.3) is 5.91 Å². The normalized spacial score (nSPS) is 11.1. The maximum Gasteiger partial charge on any atom is 0.272 e. The van der Waals surface area contributed by atoms with Gasteiger partial charge in [-0.15, -0.1) is 22.7 Å². The summed E-state index contributed by atoms with van der Waals surface area (Å²) in [4.78, 5) is 14.1. The summed E-state index contributed by atoms with van der Waals surface area (Å²) in [6, 6.07) is 3.65. The Labute approximate surface area is 124 Å². The highest BCUT2D eigenvalue weighted by molar-refractivity contribution is 7.17. The number of carbonyl (C=O) groups is 1. The molecule has 100 valence electrons. The fourth-order valence-electron chi connectivity index (χ4n) is 1.72. The quantitative estimate of drug-likeness (QED) is 0.670. The van der Waals surface area contributed by atoms with Crippen molar-refractivity contribution in [1.82, 2.24) is 5.43 Å². The number of hydrazone groups is 1. The Morgan fingerprint density at radius 3 is 2.95 bits per heavy atom. The van der Waals surface area contributed by atoms with E-state index in [-0.39, 0.29) is 5.91 Å². The summed E-state index contributed by atoms with van der Waals surface area (Å²) in [6.45, 7) is 4.07. The van der Waals surface area contributed by atoms with Crippen molar-refractivity contribution < 1.29 is 4.79 Å². The van der Waals surface area contributed by atoms with Crippen LogP contribution in [0.2, 0.25) is 4.34 Å². The van der Waals surface area contributed by atoms with Crippen molar-refractivity contribution in [1.29, 1.82) is 0 Å². The maximum atomic E-state index is 12.0. The van der Waals surface area contributed by atoms with Crippen molar-refractivity contribution in [2.45, 2.75) is 20.3 Å². The van der Waals surface area contributed by atoms with E-state index in [0.717, 1.165) is 16.9 Å². The largest absolute Gasteiger partial charge is 0.272 e. The van der Waals surface area contributed by atoms with E-state index in [1.165, 1.54) is 16.2 Å². The van der Waals surface area contributed by atoms with Crippen LogP contribution in [0.15, 0.2) is 22.6 Å². The van der Waals surface area contributed by atoms with E-state index in [1.54, 1.807) is 23.6 Å². The third kappa shape index (κ3) is 3.43. The van der Waals surface area contributed by atoms with Crippen LogP contribution in [-0.4, -0.2) is 12.1 Å². The fourth-order valence-corrected chi connectivity index (χ4v) is 3.60. The third-order valence-electron chi connectivity index (χ3n) is 2.65. The third-order valence-corrected chi connectivity index (χ3v) is 4.77. The number of thiophene rings is 2. The minimum Gasteiger partial charge on any atom is -0.267 e. The van der Waals surface area contributed by atoms with E-state index in [2.05, 4.69) is 10.5 Å². The van der Waals surface area contributed by atoms with Crippen LogP contribution >= 0.6 is 34.3 Å². The summed E-state index contributed by atoms with van der Waals surface area (Å²) in [7, 11) is 0. The first-order valence-corrected chi connectivity index (χ1v) is 7.85. The Balaban J connectivity index is 2.03. The Kier molecular flexibility index (Phi) is 4.74. The number of hydrogen-bond donors (Lipinski definition) is 1. The number of halogens is 1. The van der Waals surface area contributed by atoms with Crippen molar-refractivity contribution in [3.8, 4) is 0 Å². The fraction of sp³-hybridized carbons (Fsp3) is 0.231. The molecule has 3 nitrogen and oxygen atoms in total. The van der Waals surface area contributed by atoms with Gasteiger partial charge in [0.05, 0.1) is 16.1 Å². The molecule has 6 heteroatoms. The zero-order chi connectivity index (χ0) is 13.8. The molecule has 0 fully saturated rings. The number of carbonyl (C=O) groups excluding carboxylic acids is 1. The Hall–Kier alpha value is -1.17. The van der Waals surface area contributed by atoms with Gasteiger partial charge in [-0.2, -0.15) is 5.10 Å². The zero-order valence-corrected chi connectivity index (χ0v) is 13.0. The molecule has 0 aliphatic carbocycles. The molecule has 2 heterocycles. The molecule has 0 bridgehead atoms. The number of amides is 1. The van der Waals surface area contributed by atoms with Crippen LogP contribution in [0, 0.1) is 6.92 Å². The summed E-state index contributed by atoms with van der Waals surface area (Å²) in [5.41, 5.74) is 4.35. The van der Waals surface area contributed by atoms with Crippen LogP contribution in [-0.2, 0) is 6.42 Å². The predicted octanol–water partition coefficient (Wildman–Crippen LogP) is 4.10. The highest BCUT2D eigenvalue weighted by atomic mass is 35.5. The molecule has 0 saturated heterocycles. The van der Waals surface area contributed by atoms with Gasteiger partial charge < -0.3 is 0 Å². The van der Waals surface area contributed by atoms with Crippen LogP contribution in [0.25, 0.3) is 0 Å². The maximum absolute atomic E-state index is 12.0. The smallest absolute Gasteiger partial charge is 0.267 e. The van der Waals surface area contributed by atoms with Crippen molar-refractivity contribution in [3.63, 3.8) is 0 Å². The Morgan fingerprint density at radius 1 is 1.53 bits per heavy atom. The first kappa shape index (κ1) is 14.2. The van der Waals surface area contributed by atoms with Crippen LogP contribution < -0.4 is 5.43 Å². The number of nitrogens with zero attached hydrogens (tertiary/aromatic N) is 1. The molecule has 0 saturated carbocycles. The van der Waals surface area contributed by atoms with Gasteiger partial charge in [0.2, 0.25) is 0 Å². The number of nitrogens with one attached hydrogen (secondary N) is 1. The number of hydrogen-bond acceptors (Lipinski definition) is 4. The minimum atomic E-state index is -0.167. The lowest BCUT2D eigenvalue weighted by Crippen LogP contribution is -2.18. The van der Waals surface area contributed by atoms with Gasteiger partial charge in [0.1, 0.15) is 0 Å². The van der Waals surface area contributed by atoms with Crippen molar-refractivity contribution in [3.05, 3.63) is 42.7 Å². The van der Waals surface area contributed by atoms with Gasteiger partial charge in [-0.05, 0) is 31.0 Å². The molecular formula is C13H13ClN2OS2. The summed E-state index contributed by atoms with van der Waals surface area (Å²) in [5, 5.41) is 5.82. The first-order valence-electron chi connectivity index (χ1n) is 5.77. The predicted molar refractivity (Wildman–Crippen MR) is 82.8 cm³/mol. The van der Waals surface area contributed by atoms with Gasteiger partial charge >= 0.3 is 0 Å². The molecule has 0 aliphatic rings. The second-order valence-corrected chi connectivity index (χ2v) is 6.71. The van der Waals surface area contributed by atoms with Crippen molar-refractivity contribution >= 4 is 46.4 Å². The lowest BCUT2D eigenvalue weighted by molar-refractivity contribution is 0.0954. The second-order valence-electron chi connectivity index (χ2n) is 3.88. The van der Waals surface area contributed by atoms with Gasteiger partial charge in [0.15, 0.2) is 0 Å². The molecular weight excluding hydrogens is 300 g/mol. The summed E-state index contributed by atoms with van der Waals surface area (Å²) >= 11 is 8.81. The van der Waals surface area contributed by atoms with Gasteiger partial charge in [-0.1, -0.05) is 18.5 Å². The highest BCUT2D eigenvalue weighted by Gasteiger charge is 2.13. The van der Waals surface area contributed by atoms with Gasteiger partial charge in [0, 0.05) is 15.1 Å². The van der Waals surface area contributed by atoms with Crippen LogP contribution in [0.3, 0.4) is 0 Å². The number of aryl methyl sites for hydroxylation is 1. The molecule has 0 radical (unpaired) electrons. The van der Waals surface area contributed by atoms with Crippen molar-refractivity contribution in [2.24, 2.45) is 5.10 Å². The molecule has 2 aromatic heterocycles. The average molecular weight is 313 g/mol. The first-order chi connectivity index (χ1) is 9.11. The van der Waals surface area contributed by atoms with E-state index in [9.17, 15) is 4.79 Å². The molecule has 2 rings (SSSR count). The van der Waals surface area contributed by atoms with Gasteiger partial charge in [-0.3, -0.25) is 4.79 Å².